The maximum Gasteiger partial charge on any atom is 0.314 e. The molecule has 2 heterocycles. The molecule has 0 unspecified atom stereocenters. The summed E-state index contributed by atoms with van der Waals surface area (Å²) < 4.78 is 0. The lowest BCUT2D eigenvalue weighted by atomic mass is 9.65. The first-order valence-electron chi connectivity index (χ1n) is 12.0. The highest BCUT2D eigenvalue weighted by Crippen LogP contribution is 2.45. The quantitative estimate of drug-likeness (QED) is 0.639. The normalized spacial score (nSPS) is 20.5. The fourth-order valence-corrected chi connectivity index (χ4v) is 5.65. The van der Waals surface area contributed by atoms with Crippen LogP contribution in [0.3, 0.4) is 0 Å². The zero-order valence-electron chi connectivity index (χ0n) is 19.7. The topological polar surface area (TPSA) is 49.6 Å². The van der Waals surface area contributed by atoms with Crippen LogP contribution in [0.25, 0.3) is 0 Å². The first-order valence-corrected chi connectivity index (χ1v) is 12.0. The second-order valence-corrected chi connectivity index (χ2v) is 11.1. The van der Waals surface area contributed by atoms with Crippen LogP contribution in [-0.4, -0.2) is 42.0 Å². The average molecular weight is 414 g/mol. The zero-order valence-corrected chi connectivity index (χ0v) is 19.7. The Bertz CT molecular complexity index is 669. The number of hydrogen-bond acceptors (Lipinski definition) is 2. The molecule has 168 valence electrons. The fourth-order valence-electron chi connectivity index (χ4n) is 5.65. The van der Waals surface area contributed by atoms with Gasteiger partial charge in [0.2, 0.25) is 0 Å². The lowest BCUT2D eigenvalue weighted by Crippen LogP contribution is -2.44. The van der Waals surface area contributed by atoms with Gasteiger partial charge in [-0.05, 0) is 79.8 Å². The van der Waals surface area contributed by atoms with Crippen LogP contribution in [0, 0.1) is 22.7 Å². The summed E-state index contributed by atoms with van der Waals surface area (Å²) in [5, 5.41) is 0. The third kappa shape index (κ3) is 6.00. The number of piperidine rings is 2. The molecular weight excluding hydrogens is 370 g/mol. The van der Waals surface area contributed by atoms with Gasteiger partial charge in [-0.1, -0.05) is 58.0 Å². The molecule has 2 saturated heterocycles. The van der Waals surface area contributed by atoms with Crippen LogP contribution in [0.2, 0.25) is 0 Å². The monoisotopic (exact) mass is 413 g/mol. The van der Waals surface area contributed by atoms with Crippen LogP contribution in [0.15, 0.2) is 30.3 Å². The summed E-state index contributed by atoms with van der Waals surface area (Å²) >= 11 is 0. The van der Waals surface area contributed by atoms with Gasteiger partial charge in [-0.15, -0.1) is 0 Å². The van der Waals surface area contributed by atoms with Crippen molar-refractivity contribution in [2.24, 2.45) is 28.4 Å². The van der Waals surface area contributed by atoms with E-state index in [0.717, 1.165) is 38.4 Å². The van der Waals surface area contributed by atoms with Crippen molar-refractivity contribution in [1.82, 2.24) is 9.80 Å². The fraction of sp³-hybridized carbons (Fsp3) is 0.731. The number of benzene rings is 1. The van der Waals surface area contributed by atoms with E-state index >= 15 is 0 Å². The van der Waals surface area contributed by atoms with E-state index in [1.807, 2.05) is 0 Å². The molecular formula is C26H43N3O. The maximum absolute atomic E-state index is 11.4. The second-order valence-electron chi connectivity index (χ2n) is 11.1. The molecule has 4 heteroatoms. The molecule has 4 nitrogen and oxygen atoms in total. The van der Waals surface area contributed by atoms with Crippen molar-refractivity contribution in [3.63, 3.8) is 0 Å². The molecule has 3 rings (SSSR count). The van der Waals surface area contributed by atoms with Gasteiger partial charge in [0.1, 0.15) is 0 Å². The number of primary amides is 1. The second kappa shape index (κ2) is 9.72. The minimum Gasteiger partial charge on any atom is -0.351 e. The van der Waals surface area contributed by atoms with Gasteiger partial charge in [0.05, 0.1) is 0 Å². The van der Waals surface area contributed by atoms with Crippen LogP contribution >= 0.6 is 0 Å². The molecule has 0 spiro atoms. The summed E-state index contributed by atoms with van der Waals surface area (Å²) in [6.45, 7) is 15.1. The molecule has 0 bridgehead atoms. The number of likely N-dealkylation sites (tertiary alicyclic amines) is 2. The molecule has 2 fully saturated rings. The molecule has 0 aliphatic carbocycles. The Morgan fingerprint density at radius 3 is 1.80 bits per heavy atom. The Labute approximate surface area is 184 Å². The molecule has 0 aromatic heterocycles. The average Bonchev–Trinajstić information content (AvgIpc) is 2.74. The van der Waals surface area contributed by atoms with Crippen molar-refractivity contribution in [3.05, 3.63) is 35.9 Å². The van der Waals surface area contributed by atoms with Crippen LogP contribution in [-0.2, 0) is 6.54 Å². The summed E-state index contributed by atoms with van der Waals surface area (Å²) in [5.74, 6) is 1.51. The molecule has 0 radical (unpaired) electrons. The van der Waals surface area contributed by atoms with Gasteiger partial charge in [-0.3, -0.25) is 4.90 Å². The summed E-state index contributed by atoms with van der Waals surface area (Å²) in [7, 11) is 0. The summed E-state index contributed by atoms with van der Waals surface area (Å²) in [6, 6.07) is 10.6. The molecule has 2 amide bonds. The van der Waals surface area contributed by atoms with Crippen molar-refractivity contribution in [2.45, 2.75) is 72.8 Å². The number of urea groups is 1. The van der Waals surface area contributed by atoms with Crippen molar-refractivity contribution < 1.29 is 4.79 Å². The van der Waals surface area contributed by atoms with Crippen LogP contribution in [0.4, 0.5) is 4.79 Å². The first kappa shape index (κ1) is 23.1. The molecule has 30 heavy (non-hydrogen) atoms. The highest BCUT2D eigenvalue weighted by Gasteiger charge is 2.37. The van der Waals surface area contributed by atoms with Gasteiger partial charge >= 0.3 is 6.03 Å². The van der Waals surface area contributed by atoms with Gasteiger partial charge in [-0.2, -0.15) is 0 Å². The van der Waals surface area contributed by atoms with Gasteiger partial charge in [0.25, 0.3) is 0 Å². The number of nitrogens with two attached hydrogens (primary N) is 1. The highest BCUT2D eigenvalue weighted by molar-refractivity contribution is 5.72. The number of carbonyl (C=O) groups excluding carboxylic acids is 1. The highest BCUT2D eigenvalue weighted by atomic mass is 16.2. The minimum atomic E-state index is -0.258. The van der Waals surface area contributed by atoms with Crippen molar-refractivity contribution in [2.75, 3.05) is 26.2 Å². The van der Waals surface area contributed by atoms with E-state index in [0.29, 0.717) is 16.7 Å². The lowest BCUT2D eigenvalue weighted by molar-refractivity contribution is 0.0575. The molecule has 1 aromatic carbocycles. The van der Waals surface area contributed by atoms with E-state index in [2.05, 4.69) is 62.9 Å². The van der Waals surface area contributed by atoms with Gasteiger partial charge in [0.15, 0.2) is 0 Å². The standard InChI is InChI=1S/C26H43N3O/c1-25(2,14-15-26(3,4)23-12-18-29(19-13-23)24(27)30)22-10-16-28(17-11-22)20-21-8-6-5-7-9-21/h5-9,22-23H,10-20H2,1-4H3,(H2,27,30). The molecule has 1 aromatic rings. The Morgan fingerprint density at radius 2 is 1.33 bits per heavy atom. The Kier molecular flexibility index (Phi) is 7.49. The molecule has 0 saturated carbocycles. The predicted octanol–water partition coefficient (Wildman–Crippen LogP) is 5.52. The Morgan fingerprint density at radius 1 is 0.867 bits per heavy atom. The molecule has 2 aliphatic rings. The minimum absolute atomic E-state index is 0.258. The summed E-state index contributed by atoms with van der Waals surface area (Å²) in [5.41, 5.74) is 7.61. The van der Waals surface area contributed by atoms with E-state index in [9.17, 15) is 4.79 Å². The van der Waals surface area contributed by atoms with E-state index in [1.165, 1.54) is 44.3 Å². The van der Waals surface area contributed by atoms with E-state index in [1.54, 1.807) is 4.90 Å². The third-order valence-corrected chi connectivity index (χ3v) is 8.27. The van der Waals surface area contributed by atoms with Crippen LogP contribution in [0.1, 0.15) is 71.8 Å². The number of hydrogen-bond donors (Lipinski definition) is 1. The number of nitrogens with zero attached hydrogens (tertiary/aromatic N) is 2. The lowest BCUT2D eigenvalue weighted by Gasteiger charge is -2.45. The van der Waals surface area contributed by atoms with E-state index in [-0.39, 0.29) is 6.03 Å². The van der Waals surface area contributed by atoms with Crippen molar-refractivity contribution in [3.8, 4) is 0 Å². The Balaban J connectivity index is 1.45. The summed E-state index contributed by atoms with van der Waals surface area (Å²) in [4.78, 5) is 15.8. The van der Waals surface area contributed by atoms with Crippen molar-refractivity contribution in [1.29, 1.82) is 0 Å². The first-order chi connectivity index (χ1) is 14.2. The smallest absolute Gasteiger partial charge is 0.314 e. The molecule has 0 atom stereocenters. The maximum atomic E-state index is 11.4. The molecule has 2 N–H and O–H groups in total. The largest absolute Gasteiger partial charge is 0.351 e. The van der Waals surface area contributed by atoms with Crippen LogP contribution < -0.4 is 5.73 Å². The predicted molar refractivity (Wildman–Crippen MR) is 125 cm³/mol. The number of rotatable bonds is 7. The Hall–Kier alpha value is -1.55. The van der Waals surface area contributed by atoms with Crippen molar-refractivity contribution >= 4 is 6.03 Å². The molecule has 2 aliphatic heterocycles. The van der Waals surface area contributed by atoms with E-state index in [4.69, 9.17) is 5.73 Å². The van der Waals surface area contributed by atoms with Gasteiger partial charge in [-0.25, -0.2) is 4.79 Å². The van der Waals surface area contributed by atoms with E-state index < -0.39 is 0 Å². The van der Waals surface area contributed by atoms with Crippen LogP contribution in [0.5, 0.6) is 0 Å². The third-order valence-electron chi connectivity index (χ3n) is 8.27. The zero-order chi connectivity index (χ0) is 21.8. The van der Waals surface area contributed by atoms with Gasteiger partial charge < -0.3 is 10.6 Å². The van der Waals surface area contributed by atoms with Gasteiger partial charge in [0, 0.05) is 19.6 Å². The number of amides is 2. The summed E-state index contributed by atoms with van der Waals surface area (Å²) in [6.07, 6.45) is 7.38. The SMILES string of the molecule is CC(C)(CCC(C)(C)C1CCN(C(N)=O)CC1)C1CCN(Cc2ccccc2)CC1. The number of carbonyl (C=O) groups is 1.